The normalized spacial score (nSPS) is 18.9. The minimum absolute atomic E-state index is 0.0947. The number of ether oxygens (including phenoxy) is 2. The maximum atomic E-state index is 13.8. The van der Waals surface area contributed by atoms with Gasteiger partial charge in [0.15, 0.2) is 11.5 Å². The van der Waals surface area contributed by atoms with Gasteiger partial charge in [-0.3, -0.25) is 4.79 Å². The van der Waals surface area contributed by atoms with Crippen molar-refractivity contribution in [2.24, 2.45) is 0 Å². The molecule has 0 N–H and O–H groups in total. The van der Waals surface area contributed by atoms with Gasteiger partial charge in [0.05, 0.1) is 5.56 Å². The van der Waals surface area contributed by atoms with Crippen molar-refractivity contribution >= 4 is 5.91 Å². The van der Waals surface area contributed by atoms with Gasteiger partial charge in [-0.25, -0.2) is 8.78 Å². The largest absolute Gasteiger partial charge is 0.454 e. The monoisotopic (exact) mass is 331 g/mol. The molecule has 2 aromatic rings. The average Bonchev–Trinajstić information content (AvgIpc) is 3.23. The Labute approximate surface area is 137 Å². The van der Waals surface area contributed by atoms with Crippen molar-refractivity contribution in [3.8, 4) is 11.5 Å². The van der Waals surface area contributed by atoms with Crippen LogP contribution < -0.4 is 9.47 Å². The molecule has 1 saturated heterocycles. The predicted molar refractivity (Wildman–Crippen MR) is 82.2 cm³/mol. The molecular weight excluding hydrogens is 316 g/mol. The maximum Gasteiger partial charge on any atom is 0.256 e. The summed E-state index contributed by atoms with van der Waals surface area (Å²) in [7, 11) is 0. The number of amides is 1. The number of halogens is 2. The molecule has 4 rings (SSSR count). The van der Waals surface area contributed by atoms with E-state index in [1.165, 1.54) is 6.07 Å². The highest BCUT2D eigenvalue weighted by molar-refractivity contribution is 5.94. The quantitative estimate of drug-likeness (QED) is 0.847. The van der Waals surface area contributed by atoms with Gasteiger partial charge in [0, 0.05) is 25.1 Å². The number of likely N-dealkylation sites (tertiary alicyclic amines) is 1. The molecule has 0 aliphatic carbocycles. The van der Waals surface area contributed by atoms with Crippen LogP contribution in [-0.4, -0.2) is 30.7 Å². The molecule has 0 aromatic heterocycles. The first kappa shape index (κ1) is 14.9. The van der Waals surface area contributed by atoms with E-state index in [0.717, 1.165) is 29.9 Å². The summed E-state index contributed by atoms with van der Waals surface area (Å²) < 4.78 is 37.5. The zero-order valence-corrected chi connectivity index (χ0v) is 12.8. The minimum Gasteiger partial charge on any atom is -0.454 e. The smallest absolute Gasteiger partial charge is 0.256 e. The van der Waals surface area contributed by atoms with E-state index in [9.17, 15) is 13.6 Å². The summed E-state index contributed by atoms with van der Waals surface area (Å²) in [6.07, 6.45) is 0.786. The number of rotatable bonds is 2. The lowest BCUT2D eigenvalue weighted by atomic mass is 9.98. The Morgan fingerprint density at radius 1 is 1.08 bits per heavy atom. The van der Waals surface area contributed by atoms with Crippen molar-refractivity contribution in [2.75, 3.05) is 19.9 Å². The van der Waals surface area contributed by atoms with Crippen molar-refractivity contribution in [3.63, 3.8) is 0 Å². The number of nitrogens with zero attached hydrogens (tertiary/aromatic N) is 1. The van der Waals surface area contributed by atoms with Gasteiger partial charge in [-0.15, -0.1) is 0 Å². The van der Waals surface area contributed by atoms with Gasteiger partial charge < -0.3 is 14.4 Å². The highest BCUT2D eigenvalue weighted by Crippen LogP contribution is 2.37. The van der Waals surface area contributed by atoms with E-state index >= 15 is 0 Å². The highest BCUT2D eigenvalue weighted by atomic mass is 19.1. The van der Waals surface area contributed by atoms with Crippen LogP contribution in [0.5, 0.6) is 11.5 Å². The Kier molecular flexibility index (Phi) is 3.59. The van der Waals surface area contributed by atoms with Crippen LogP contribution in [0.3, 0.4) is 0 Å². The second kappa shape index (κ2) is 5.78. The molecule has 24 heavy (non-hydrogen) atoms. The molecule has 1 atom stereocenters. The lowest BCUT2D eigenvalue weighted by molar-refractivity contribution is 0.0786. The van der Waals surface area contributed by atoms with E-state index in [0.29, 0.717) is 18.8 Å². The Bertz CT molecular complexity index is 809. The van der Waals surface area contributed by atoms with Gasteiger partial charge in [-0.05, 0) is 36.2 Å². The van der Waals surface area contributed by atoms with Crippen LogP contribution in [-0.2, 0) is 0 Å². The third kappa shape index (κ3) is 2.58. The van der Waals surface area contributed by atoms with Crippen LogP contribution in [0.4, 0.5) is 8.78 Å². The number of carbonyl (C=O) groups is 1. The molecule has 1 unspecified atom stereocenters. The van der Waals surface area contributed by atoms with Crippen LogP contribution in [0.25, 0.3) is 0 Å². The third-order valence-corrected chi connectivity index (χ3v) is 4.51. The Balaban J connectivity index is 1.51. The van der Waals surface area contributed by atoms with Crippen LogP contribution in [0.15, 0.2) is 36.4 Å². The zero-order chi connectivity index (χ0) is 16.7. The molecule has 0 bridgehead atoms. The van der Waals surface area contributed by atoms with E-state index in [2.05, 4.69) is 0 Å². The molecular formula is C18H15F2NO3. The molecule has 124 valence electrons. The van der Waals surface area contributed by atoms with Gasteiger partial charge in [-0.1, -0.05) is 6.07 Å². The minimum atomic E-state index is -0.827. The van der Waals surface area contributed by atoms with Crippen molar-refractivity contribution < 1.29 is 23.0 Å². The van der Waals surface area contributed by atoms with E-state index in [4.69, 9.17) is 9.47 Å². The number of fused-ring (bicyclic) bond motifs is 1. The second-order valence-electron chi connectivity index (χ2n) is 5.97. The Morgan fingerprint density at radius 2 is 1.92 bits per heavy atom. The summed E-state index contributed by atoms with van der Waals surface area (Å²) >= 11 is 0. The molecule has 2 aromatic carbocycles. The molecule has 4 nitrogen and oxygen atoms in total. The predicted octanol–water partition coefficient (Wildman–Crippen LogP) is 3.32. The van der Waals surface area contributed by atoms with Crippen LogP contribution in [0.1, 0.15) is 28.3 Å². The van der Waals surface area contributed by atoms with Crippen LogP contribution in [0.2, 0.25) is 0 Å². The van der Waals surface area contributed by atoms with Crippen LogP contribution >= 0.6 is 0 Å². The summed E-state index contributed by atoms with van der Waals surface area (Å²) in [6, 6.07) is 8.78. The lowest BCUT2D eigenvalue weighted by Gasteiger charge is -2.17. The standard InChI is InChI=1S/C18H15F2NO3/c19-13-2-3-14(15(20)8-13)18(22)21-6-5-12(9-21)11-1-4-16-17(7-11)24-10-23-16/h1-4,7-8,12H,5-6,9-10H2. The second-order valence-corrected chi connectivity index (χ2v) is 5.97. The molecule has 0 radical (unpaired) electrons. The van der Waals surface area contributed by atoms with Crippen molar-refractivity contribution in [1.29, 1.82) is 0 Å². The highest BCUT2D eigenvalue weighted by Gasteiger charge is 2.30. The van der Waals surface area contributed by atoms with Gasteiger partial charge in [0.2, 0.25) is 6.79 Å². The van der Waals surface area contributed by atoms with Gasteiger partial charge >= 0.3 is 0 Å². The zero-order valence-electron chi connectivity index (χ0n) is 12.8. The van der Waals surface area contributed by atoms with Crippen molar-refractivity contribution in [3.05, 3.63) is 59.2 Å². The molecule has 6 heteroatoms. The Hall–Kier alpha value is -2.63. The SMILES string of the molecule is O=C(c1ccc(F)cc1F)N1CCC(c2ccc3c(c2)OCO3)C1. The number of hydrogen-bond donors (Lipinski definition) is 0. The maximum absolute atomic E-state index is 13.8. The summed E-state index contributed by atoms with van der Waals surface area (Å²) in [5, 5.41) is 0. The Morgan fingerprint density at radius 3 is 2.75 bits per heavy atom. The van der Waals surface area contributed by atoms with Gasteiger partial charge in [0.25, 0.3) is 5.91 Å². The lowest BCUT2D eigenvalue weighted by Crippen LogP contribution is -2.29. The fourth-order valence-corrected chi connectivity index (χ4v) is 3.22. The first-order valence-corrected chi connectivity index (χ1v) is 7.75. The molecule has 0 saturated carbocycles. The summed E-state index contributed by atoms with van der Waals surface area (Å²) in [5.74, 6) is -0.335. The fourth-order valence-electron chi connectivity index (χ4n) is 3.22. The first-order chi connectivity index (χ1) is 11.6. The van der Waals surface area contributed by atoms with Crippen LogP contribution in [0, 0.1) is 11.6 Å². The number of benzene rings is 2. The van der Waals surface area contributed by atoms with E-state index < -0.39 is 17.5 Å². The summed E-state index contributed by atoms with van der Waals surface area (Å²) in [4.78, 5) is 14.1. The van der Waals surface area contributed by atoms with E-state index in [-0.39, 0.29) is 18.3 Å². The molecule has 1 amide bonds. The average molecular weight is 331 g/mol. The van der Waals surface area contributed by atoms with Crippen molar-refractivity contribution in [1.82, 2.24) is 4.90 Å². The third-order valence-electron chi connectivity index (χ3n) is 4.51. The molecule has 2 aliphatic rings. The molecule has 2 aliphatic heterocycles. The van der Waals surface area contributed by atoms with E-state index in [1.54, 1.807) is 4.90 Å². The number of hydrogen-bond acceptors (Lipinski definition) is 3. The summed E-state index contributed by atoms with van der Waals surface area (Å²) in [6.45, 7) is 1.25. The molecule has 1 fully saturated rings. The van der Waals surface area contributed by atoms with Gasteiger partial charge in [0.1, 0.15) is 11.6 Å². The first-order valence-electron chi connectivity index (χ1n) is 7.75. The molecule has 0 spiro atoms. The fraction of sp³-hybridized carbons (Fsp3) is 0.278. The summed E-state index contributed by atoms with van der Waals surface area (Å²) in [5.41, 5.74) is 0.969. The van der Waals surface area contributed by atoms with Crippen molar-refractivity contribution in [2.45, 2.75) is 12.3 Å². The van der Waals surface area contributed by atoms with Gasteiger partial charge in [-0.2, -0.15) is 0 Å². The van der Waals surface area contributed by atoms with E-state index in [1.807, 2.05) is 18.2 Å². The number of carbonyl (C=O) groups excluding carboxylic acids is 1. The molecule has 2 heterocycles. The topological polar surface area (TPSA) is 38.8 Å².